The number of nitrogens with zero attached hydrogens (tertiary/aromatic N) is 1. The van der Waals surface area contributed by atoms with Gasteiger partial charge in [-0.3, -0.25) is 0 Å². The van der Waals surface area contributed by atoms with Crippen LogP contribution in [0.1, 0.15) is 5.82 Å². The van der Waals surface area contributed by atoms with Crippen LogP contribution in [0.4, 0.5) is 4.39 Å². The zero-order valence-corrected chi connectivity index (χ0v) is 8.11. The highest BCUT2D eigenvalue weighted by atomic mass is 35.5. The molecule has 0 spiro atoms. The molecule has 0 saturated carbocycles. The largest absolute Gasteiger partial charge is 0.342 e. The Morgan fingerprint density at radius 1 is 1.50 bits per heavy atom. The van der Waals surface area contributed by atoms with Crippen molar-refractivity contribution in [3.8, 4) is 0 Å². The number of nitrogens with two attached hydrogens (primary N) is 1. The van der Waals surface area contributed by atoms with E-state index in [9.17, 15) is 4.39 Å². The van der Waals surface area contributed by atoms with Gasteiger partial charge in [0.15, 0.2) is 0 Å². The molecule has 0 saturated heterocycles. The van der Waals surface area contributed by atoms with Gasteiger partial charge in [0.25, 0.3) is 0 Å². The van der Waals surface area contributed by atoms with Gasteiger partial charge in [-0.05, 0) is 12.6 Å². The van der Waals surface area contributed by atoms with Crippen LogP contribution in [-0.4, -0.2) is 16.5 Å². The fourth-order valence-electron chi connectivity index (χ4n) is 1.31. The molecule has 2 rings (SSSR count). The Hall–Kier alpha value is -1.13. The Morgan fingerprint density at radius 2 is 2.29 bits per heavy atom. The quantitative estimate of drug-likeness (QED) is 0.800. The predicted octanol–water partition coefficient (Wildman–Crippen LogP) is 1.86. The van der Waals surface area contributed by atoms with Crippen molar-refractivity contribution >= 4 is 22.6 Å². The van der Waals surface area contributed by atoms with E-state index in [4.69, 9.17) is 17.3 Å². The normalized spacial score (nSPS) is 11.1. The first-order chi connectivity index (χ1) is 6.70. The molecule has 14 heavy (non-hydrogen) atoms. The SMILES string of the molecule is NCCc1nc2cc(Cl)c(F)cc2[nH]1. The van der Waals surface area contributed by atoms with E-state index < -0.39 is 5.82 Å². The van der Waals surface area contributed by atoms with Crippen molar-refractivity contribution in [2.75, 3.05) is 6.54 Å². The minimum absolute atomic E-state index is 0.0864. The Morgan fingerprint density at radius 3 is 3.00 bits per heavy atom. The predicted molar refractivity (Wildman–Crippen MR) is 53.8 cm³/mol. The maximum Gasteiger partial charge on any atom is 0.144 e. The highest BCUT2D eigenvalue weighted by Crippen LogP contribution is 2.21. The molecule has 1 heterocycles. The van der Waals surface area contributed by atoms with Gasteiger partial charge >= 0.3 is 0 Å². The second-order valence-electron chi connectivity index (χ2n) is 3.01. The summed E-state index contributed by atoms with van der Waals surface area (Å²) in [5.41, 5.74) is 6.70. The van der Waals surface area contributed by atoms with Crippen LogP contribution in [0.3, 0.4) is 0 Å². The van der Waals surface area contributed by atoms with Crippen molar-refractivity contribution in [1.29, 1.82) is 0 Å². The number of hydrogen-bond acceptors (Lipinski definition) is 2. The molecule has 0 aliphatic heterocycles. The van der Waals surface area contributed by atoms with Crippen LogP contribution < -0.4 is 5.73 Å². The molecular formula is C9H9ClFN3. The molecule has 5 heteroatoms. The number of halogens is 2. The lowest BCUT2D eigenvalue weighted by atomic mass is 10.3. The summed E-state index contributed by atoms with van der Waals surface area (Å²) in [7, 11) is 0. The minimum atomic E-state index is -0.442. The fraction of sp³-hybridized carbons (Fsp3) is 0.222. The van der Waals surface area contributed by atoms with Crippen molar-refractivity contribution in [2.24, 2.45) is 5.73 Å². The van der Waals surface area contributed by atoms with Crippen LogP contribution in [0.25, 0.3) is 11.0 Å². The minimum Gasteiger partial charge on any atom is -0.342 e. The Balaban J connectivity index is 2.54. The molecule has 0 aliphatic carbocycles. The zero-order valence-electron chi connectivity index (χ0n) is 7.35. The van der Waals surface area contributed by atoms with E-state index >= 15 is 0 Å². The maximum atomic E-state index is 13.0. The highest BCUT2D eigenvalue weighted by molar-refractivity contribution is 6.31. The van der Waals surface area contributed by atoms with Crippen LogP contribution >= 0.6 is 11.6 Å². The van der Waals surface area contributed by atoms with Crippen LogP contribution in [0.15, 0.2) is 12.1 Å². The smallest absolute Gasteiger partial charge is 0.144 e. The van der Waals surface area contributed by atoms with Crippen LogP contribution in [0, 0.1) is 5.82 Å². The molecule has 0 amide bonds. The van der Waals surface area contributed by atoms with Crippen molar-refractivity contribution in [3.05, 3.63) is 28.8 Å². The number of hydrogen-bond donors (Lipinski definition) is 2. The second kappa shape index (κ2) is 3.55. The van der Waals surface area contributed by atoms with Crippen molar-refractivity contribution in [3.63, 3.8) is 0 Å². The lowest BCUT2D eigenvalue weighted by molar-refractivity contribution is 0.630. The molecule has 2 aromatic rings. The molecule has 1 aromatic heterocycles. The number of fused-ring (bicyclic) bond motifs is 1. The molecule has 0 aliphatic rings. The first kappa shape index (κ1) is 9.43. The van der Waals surface area contributed by atoms with E-state index in [1.54, 1.807) is 0 Å². The summed E-state index contributed by atoms with van der Waals surface area (Å²) in [5.74, 6) is 0.311. The van der Waals surface area contributed by atoms with E-state index in [1.807, 2.05) is 0 Å². The van der Waals surface area contributed by atoms with Crippen LogP contribution in [0.2, 0.25) is 5.02 Å². The van der Waals surface area contributed by atoms with E-state index in [0.29, 0.717) is 24.0 Å². The molecule has 3 nitrogen and oxygen atoms in total. The van der Waals surface area contributed by atoms with E-state index in [0.717, 1.165) is 5.82 Å². The number of rotatable bonds is 2. The summed E-state index contributed by atoms with van der Waals surface area (Å²) in [6.45, 7) is 0.510. The summed E-state index contributed by atoms with van der Waals surface area (Å²) in [6.07, 6.45) is 0.647. The zero-order chi connectivity index (χ0) is 10.1. The molecular weight excluding hydrogens is 205 g/mol. The fourth-order valence-corrected chi connectivity index (χ4v) is 1.47. The van der Waals surface area contributed by atoms with Gasteiger partial charge in [-0.2, -0.15) is 0 Å². The van der Waals surface area contributed by atoms with E-state index in [-0.39, 0.29) is 5.02 Å². The Bertz CT molecular complexity index is 427. The molecule has 0 bridgehead atoms. The average Bonchev–Trinajstić information content (AvgIpc) is 2.48. The third-order valence-corrected chi connectivity index (χ3v) is 2.24. The van der Waals surface area contributed by atoms with Gasteiger partial charge < -0.3 is 10.7 Å². The van der Waals surface area contributed by atoms with Crippen molar-refractivity contribution in [2.45, 2.75) is 6.42 Å². The molecule has 0 atom stereocenters. The van der Waals surface area contributed by atoms with Gasteiger partial charge in [0, 0.05) is 12.5 Å². The molecule has 0 radical (unpaired) electrons. The molecule has 1 aromatic carbocycles. The molecule has 0 unspecified atom stereocenters. The molecule has 0 fully saturated rings. The lowest BCUT2D eigenvalue weighted by Crippen LogP contribution is -2.03. The first-order valence-corrected chi connectivity index (χ1v) is 4.62. The van der Waals surface area contributed by atoms with E-state index in [2.05, 4.69) is 9.97 Å². The average molecular weight is 214 g/mol. The summed E-state index contributed by atoms with van der Waals surface area (Å²) in [4.78, 5) is 7.19. The van der Waals surface area contributed by atoms with E-state index in [1.165, 1.54) is 12.1 Å². The number of aromatic amines is 1. The Labute approximate surface area is 85.1 Å². The highest BCUT2D eigenvalue weighted by Gasteiger charge is 2.06. The lowest BCUT2D eigenvalue weighted by Gasteiger charge is -1.91. The number of benzene rings is 1. The van der Waals surface area contributed by atoms with Crippen molar-refractivity contribution < 1.29 is 4.39 Å². The van der Waals surface area contributed by atoms with Gasteiger partial charge in [0.05, 0.1) is 16.1 Å². The molecule has 3 N–H and O–H groups in total. The van der Waals surface area contributed by atoms with Crippen LogP contribution in [-0.2, 0) is 6.42 Å². The Kier molecular flexibility index (Phi) is 2.39. The maximum absolute atomic E-state index is 13.0. The first-order valence-electron chi connectivity index (χ1n) is 4.24. The van der Waals surface area contributed by atoms with Gasteiger partial charge in [-0.15, -0.1) is 0 Å². The summed E-state index contributed by atoms with van der Waals surface area (Å²) < 4.78 is 13.0. The summed E-state index contributed by atoms with van der Waals surface area (Å²) in [5, 5.41) is 0.0864. The van der Waals surface area contributed by atoms with Gasteiger partial charge in [-0.1, -0.05) is 11.6 Å². The number of H-pyrrole nitrogens is 1. The molecule has 74 valence electrons. The van der Waals surface area contributed by atoms with Gasteiger partial charge in [0.2, 0.25) is 0 Å². The summed E-state index contributed by atoms with van der Waals surface area (Å²) in [6, 6.07) is 2.84. The topological polar surface area (TPSA) is 54.7 Å². The number of imidazole rings is 1. The second-order valence-corrected chi connectivity index (χ2v) is 3.41. The van der Waals surface area contributed by atoms with Crippen LogP contribution in [0.5, 0.6) is 0 Å². The monoisotopic (exact) mass is 213 g/mol. The number of nitrogens with one attached hydrogen (secondary N) is 1. The third-order valence-electron chi connectivity index (χ3n) is 1.95. The summed E-state index contributed by atoms with van der Waals surface area (Å²) >= 11 is 5.62. The standard InChI is InChI=1S/C9H9ClFN3/c10-5-3-7-8(4-6(5)11)14-9(13-7)1-2-12/h3-4H,1-2,12H2,(H,13,14). The van der Waals surface area contributed by atoms with Gasteiger partial charge in [0.1, 0.15) is 11.6 Å². The third kappa shape index (κ3) is 1.58. The van der Waals surface area contributed by atoms with Gasteiger partial charge in [-0.25, -0.2) is 9.37 Å². The number of aromatic nitrogens is 2. The van der Waals surface area contributed by atoms with Crippen molar-refractivity contribution in [1.82, 2.24) is 9.97 Å².